The van der Waals surface area contributed by atoms with Gasteiger partial charge < -0.3 is 10.7 Å². The van der Waals surface area contributed by atoms with Gasteiger partial charge in [-0.1, -0.05) is 19.1 Å². The quantitative estimate of drug-likeness (QED) is 0.795. The maximum Gasteiger partial charge on any atom is 0.231 e. The van der Waals surface area contributed by atoms with Crippen molar-refractivity contribution in [1.29, 1.82) is 0 Å². The summed E-state index contributed by atoms with van der Waals surface area (Å²) in [6.45, 7) is 3.60. The van der Waals surface area contributed by atoms with Gasteiger partial charge in [0.15, 0.2) is 0 Å². The Bertz CT molecular complexity index is 505. The van der Waals surface area contributed by atoms with Crippen LogP contribution in [0.4, 0.5) is 5.95 Å². The number of hydrogen-bond acceptors (Lipinski definition) is 3. The van der Waals surface area contributed by atoms with Gasteiger partial charge in [-0.15, -0.1) is 12.4 Å². The SMILES string of the molecule is CC(N)C(C)C(=O)Nc1nc2ccccc2[nH]1.Cl. The average Bonchev–Trinajstić information content (AvgIpc) is 2.69. The Balaban J connectivity index is 0.00000162. The van der Waals surface area contributed by atoms with E-state index in [0.29, 0.717) is 5.95 Å². The summed E-state index contributed by atoms with van der Waals surface area (Å²) >= 11 is 0. The zero-order valence-corrected chi connectivity index (χ0v) is 11.1. The first-order valence-corrected chi connectivity index (χ1v) is 5.59. The Kier molecular flexibility index (Phi) is 4.69. The molecule has 0 aliphatic rings. The third-order valence-electron chi connectivity index (χ3n) is 2.83. The zero-order chi connectivity index (χ0) is 12.4. The fourth-order valence-corrected chi connectivity index (χ4v) is 1.48. The lowest BCUT2D eigenvalue weighted by atomic mass is 10.0. The predicted octanol–water partition coefficient (Wildman–Crippen LogP) is 1.91. The number of nitrogens with two attached hydrogens (primary N) is 1. The second-order valence-electron chi connectivity index (χ2n) is 4.24. The topological polar surface area (TPSA) is 83.8 Å². The highest BCUT2D eigenvalue weighted by molar-refractivity contribution is 5.92. The summed E-state index contributed by atoms with van der Waals surface area (Å²) in [6, 6.07) is 7.43. The molecule has 98 valence electrons. The lowest BCUT2D eigenvalue weighted by molar-refractivity contribution is -0.119. The summed E-state index contributed by atoms with van der Waals surface area (Å²) in [5.41, 5.74) is 7.40. The molecule has 1 heterocycles. The zero-order valence-electron chi connectivity index (χ0n) is 10.3. The first-order valence-electron chi connectivity index (χ1n) is 5.59. The summed E-state index contributed by atoms with van der Waals surface area (Å²) in [5, 5.41) is 2.73. The van der Waals surface area contributed by atoms with Gasteiger partial charge in [0.25, 0.3) is 0 Å². The highest BCUT2D eigenvalue weighted by Crippen LogP contribution is 2.14. The second kappa shape index (κ2) is 5.84. The van der Waals surface area contributed by atoms with Gasteiger partial charge in [-0.3, -0.25) is 10.1 Å². The number of para-hydroxylation sites is 2. The molecule has 1 aromatic carbocycles. The van der Waals surface area contributed by atoms with Crippen LogP contribution >= 0.6 is 12.4 Å². The molecule has 1 amide bonds. The fourth-order valence-electron chi connectivity index (χ4n) is 1.48. The van der Waals surface area contributed by atoms with Crippen molar-refractivity contribution in [3.8, 4) is 0 Å². The van der Waals surface area contributed by atoms with Gasteiger partial charge in [0.05, 0.1) is 17.0 Å². The molecule has 6 heteroatoms. The molecule has 18 heavy (non-hydrogen) atoms. The van der Waals surface area contributed by atoms with Crippen LogP contribution in [-0.2, 0) is 4.79 Å². The summed E-state index contributed by atoms with van der Waals surface area (Å²) in [5.74, 6) is 0.0889. The number of carbonyl (C=O) groups excluding carboxylic acids is 1. The molecule has 0 fully saturated rings. The number of nitrogens with zero attached hydrogens (tertiary/aromatic N) is 1. The Labute approximate surface area is 112 Å². The third kappa shape index (κ3) is 3.00. The molecule has 2 aromatic rings. The van der Waals surface area contributed by atoms with E-state index in [0.717, 1.165) is 11.0 Å². The van der Waals surface area contributed by atoms with Gasteiger partial charge in [-0.2, -0.15) is 0 Å². The number of benzene rings is 1. The average molecular weight is 269 g/mol. The van der Waals surface area contributed by atoms with Gasteiger partial charge in [0.1, 0.15) is 0 Å². The Morgan fingerprint density at radius 2 is 2.06 bits per heavy atom. The highest BCUT2D eigenvalue weighted by Gasteiger charge is 2.18. The van der Waals surface area contributed by atoms with E-state index in [1.807, 2.05) is 31.2 Å². The number of nitrogens with one attached hydrogen (secondary N) is 2. The van der Waals surface area contributed by atoms with E-state index >= 15 is 0 Å². The minimum Gasteiger partial charge on any atom is -0.327 e. The third-order valence-corrected chi connectivity index (χ3v) is 2.83. The largest absolute Gasteiger partial charge is 0.327 e. The lowest BCUT2D eigenvalue weighted by Crippen LogP contribution is -2.34. The molecule has 2 atom stereocenters. The summed E-state index contributed by atoms with van der Waals surface area (Å²) in [6.07, 6.45) is 0. The molecular weight excluding hydrogens is 252 g/mol. The van der Waals surface area contributed by atoms with Crippen LogP contribution < -0.4 is 11.1 Å². The van der Waals surface area contributed by atoms with Crippen LogP contribution in [0.2, 0.25) is 0 Å². The van der Waals surface area contributed by atoms with Gasteiger partial charge in [-0.25, -0.2) is 4.98 Å². The maximum atomic E-state index is 11.8. The molecule has 2 rings (SSSR count). The normalized spacial score (nSPS) is 13.7. The summed E-state index contributed by atoms with van der Waals surface area (Å²) < 4.78 is 0. The van der Waals surface area contributed by atoms with Crippen molar-refractivity contribution in [2.24, 2.45) is 11.7 Å². The first kappa shape index (κ1) is 14.5. The first-order chi connectivity index (χ1) is 8.08. The van der Waals surface area contributed by atoms with Crippen LogP contribution in [0.3, 0.4) is 0 Å². The smallest absolute Gasteiger partial charge is 0.231 e. The molecule has 0 saturated carbocycles. The van der Waals surface area contributed by atoms with Crippen LogP contribution in [0, 0.1) is 5.92 Å². The molecule has 1 aromatic heterocycles. The molecule has 0 aliphatic carbocycles. The van der Waals surface area contributed by atoms with Gasteiger partial charge in [0.2, 0.25) is 11.9 Å². The Morgan fingerprint density at radius 1 is 1.39 bits per heavy atom. The molecule has 0 saturated heterocycles. The molecule has 0 aliphatic heterocycles. The molecule has 2 unspecified atom stereocenters. The van der Waals surface area contributed by atoms with Crippen molar-refractivity contribution in [3.63, 3.8) is 0 Å². The number of aromatic amines is 1. The lowest BCUT2D eigenvalue weighted by Gasteiger charge is -2.13. The molecular formula is C12H17ClN4O. The molecule has 4 N–H and O–H groups in total. The van der Waals surface area contributed by atoms with Gasteiger partial charge in [-0.05, 0) is 19.1 Å². The Hall–Kier alpha value is -1.59. The number of aromatic nitrogens is 2. The summed E-state index contributed by atoms with van der Waals surface area (Å²) in [4.78, 5) is 19.1. The standard InChI is InChI=1S/C12H16N4O.ClH/c1-7(8(2)13)11(17)16-12-14-9-5-3-4-6-10(9)15-12;/h3-8H,13H2,1-2H3,(H2,14,15,16,17);1H. The van der Waals surface area contributed by atoms with E-state index in [2.05, 4.69) is 15.3 Å². The molecule has 0 radical (unpaired) electrons. The number of carbonyl (C=O) groups is 1. The van der Waals surface area contributed by atoms with E-state index in [-0.39, 0.29) is 30.3 Å². The molecule has 0 bridgehead atoms. The van der Waals surface area contributed by atoms with Gasteiger partial charge >= 0.3 is 0 Å². The highest BCUT2D eigenvalue weighted by atomic mass is 35.5. The van der Waals surface area contributed by atoms with Crippen molar-refractivity contribution in [2.75, 3.05) is 5.32 Å². The number of fused-ring (bicyclic) bond motifs is 1. The van der Waals surface area contributed by atoms with Crippen molar-refractivity contribution in [1.82, 2.24) is 9.97 Å². The van der Waals surface area contributed by atoms with Crippen LogP contribution in [0.5, 0.6) is 0 Å². The second-order valence-corrected chi connectivity index (χ2v) is 4.24. The number of imidazole rings is 1. The minimum atomic E-state index is -0.247. The van der Waals surface area contributed by atoms with E-state index in [9.17, 15) is 4.79 Å². The fraction of sp³-hybridized carbons (Fsp3) is 0.333. The van der Waals surface area contributed by atoms with Crippen molar-refractivity contribution in [2.45, 2.75) is 19.9 Å². The van der Waals surface area contributed by atoms with E-state index in [1.54, 1.807) is 6.92 Å². The Morgan fingerprint density at radius 3 is 2.67 bits per heavy atom. The van der Waals surface area contributed by atoms with E-state index in [1.165, 1.54) is 0 Å². The van der Waals surface area contributed by atoms with Crippen molar-refractivity contribution >= 4 is 35.3 Å². The summed E-state index contributed by atoms with van der Waals surface area (Å²) in [7, 11) is 0. The number of amides is 1. The van der Waals surface area contributed by atoms with Crippen LogP contribution in [0.25, 0.3) is 11.0 Å². The number of H-pyrrole nitrogens is 1. The van der Waals surface area contributed by atoms with Gasteiger partial charge in [0, 0.05) is 6.04 Å². The molecule has 0 spiro atoms. The minimum absolute atomic E-state index is 0. The van der Waals surface area contributed by atoms with Crippen molar-refractivity contribution in [3.05, 3.63) is 24.3 Å². The number of rotatable bonds is 3. The number of halogens is 1. The van der Waals surface area contributed by atoms with Crippen LogP contribution in [0.15, 0.2) is 24.3 Å². The number of hydrogen-bond donors (Lipinski definition) is 3. The monoisotopic (exact) mass is 268 g/mol. The number of anilines is 1. The van der Waals surface area contributed by atoms with E-state index in [4.69, 9.17) is 5.73 Å². The maximum absolute atomic E-state index is 11.8. The predicted molar refractivity (Wildman–Crippen MR) is 74.8 cm³/mol. The van der Waals surface area contributed by atoms with Crippen LogP contribution in [0.1, 0.15) is 13.8 Å². The van der Waals surface area contributed by atoms with Crippen molar-refractivity contribution < 1.29 is 4.79 Å². The van der Waals surface area contributed by atoms with E-state index < -0.39 is 0 Å². The molecule has 5 nitrogen and oxygen atoms in total. The van der Waals surface area contributed by atoms with Crippen LogP contribution in [-0.4, -0.2) is 21.9 Å².